The molecule has 4 aromatic carbocycles. The van der Waals surface area contributed by atoms with E-state index in [-0.39, 0.29) is 0 Å². The third kappa shape index (κ3) is 3.23. The van der Waals surface area contributed by atoms with Crippen molar-refractivity contribution in [1.29, 1.82) is 0 Å². The van der Waals surface area contributed by atoms with E-state index in [0.717, 1.165) is 5.69 Å². The minimum Gasteiger partial charge on any atom is -0.309 e. The summed E-state index contributed by atoms with van der Waals surface area (Å²) in [6, 6.07) is 35.0. The van der Waals surface area contributed by atoms with Crippen LogP contribution in [0.15, 0.2) is 109 Å². The molecule has 158 valence electrons. The van der Waals surface area contributed by atoms with Crippen molar-refractivity contribution >= 4 is 21.8 Å². The van der Waals surface area contributed by atoms with Crippen molar-refractivity contribution in [3.8, 4) is 27.9 Å². The summed E-state index contributed by atoms with van der Waals surface area (Å²) in [5.74, 6) is 0. The Hall–Kier alpha value is -4.17. The first-order valence-electron chi connectivity index (χ1n) is 11.3. The topological polar surface area (TPSA) is 17.8 Å². The lowest BCUT2D eigenvalue weighted by molar-refractivity contribution is 1.18. The number of hydrogen-bond acceptors (Lipinski definition) is 1. The molecule has 6 aromatic rings. The predicted octanol–water partition coefficient (Wildman–Crippen LogP) is 8.13. The lowest BCUT2D eigenvalue weighted by Crippen LogP contribution is -1.97. The largest absolute Gasteiger partial charge is 0.309 e. The number of hydrogen-bond donors (Lipinski definition) is 0. The first kappa shape index (κ1) is 19.5. The molecular formula is C31H24N2. The summed E-state index contributed by atoms with van der Waals surface area (Å²) < 4.78 is 2.42. The van der Waals surface area contributed by atoms with E-state index in [1.165, 1.54) is 55.2 Å². The van der Waals surface area contributed by atoms with Gasteiger partial charge >= 0.3 is 0 Å². The Balaban J connectivity index is 1.70. The molecule has 0 atom stereocenters. The number of para-hydroxylation sites is 2. The van der Waals surface area contributed by atoms with E-state index in [1.807, 2.05) is 12.4 Å². The van der Waals surface area contributed by atoms with Crippen molar-refractivity contribution in [2.75, 3.05) is 0 Å². The quantitative estimate of drug-likeness (QED) is 0.280. The van der Waals surface area contributed by atoms with Crippen LogP contribution >= 0.6 is 0 Å². The van der Waals surface area contributed by atoms with Gasteiger partial charge in [0.15, 0.2) is 0 Å². The van der Waals surface area contributed by atoms with Gasteiger partial charge < -0.3 is 4.57 Å². The van der Waals surface area contributed by atoms with E-state index >= 15 is 0 Å². The van der Waals surface area contributed by atoms with Crippen LogP contribution in [0.4, 0.5) is 0 Å². The lowest BCUT2D eigenvalue weighted by Gasteiger charge is -2.14. The van der Waals surface area contributed by atoms with Gasteiger partial charge in [-0.05, 0) is 66.4 Å². The molecule has 0 aliphatic rings. The van der Waals surface area contributed by atoms with E-state index in [2.05, 4.69) is 120 Å². The van der Waals surface area contributed by atoms with E-state index in [1.54, 1.807) is 0 Å². The molecule has 0 saturated heterocycles. The van der Waals surface area contributed by atoms with Crippen molar-refractivity contribution in [1.82, 2.24) is 9.55 Å². The van der Waals surface area contributed by atoms with E-state index in [9.17, 15) is 0 Å². The molecule has 2 nitrogen and oxygen atoms in total. The van der Waals surface area contributed by atoms with Crippen LogP contribution in [0, 0.1) is 13.8 Å². The Morgan fingerprint density at radius 3 is 2.24 bits per heavy atom. The number of fused-ring (bicyclic) bond motifs is 3. The Morgan fingerprint density at radius 2 is 1.39 bits per heavy atom. The van der Waals surface area contributed by atoms with Crippen LogP contribution < -0.4 is 0 Å². The van der Waals surface area contributed by atoms with Gasteiger partial charge in [-0.25, -0.2) is 0 Å². The Morgan fingerprint density at radius 1 is 0.606 bits per heavy atom. The van der Waals surface area contributed by atoms with Crippen LogP contribution in [0.2, 0.25) is 0 Å². The van der Waals surface area contributed by atoms with Crippen LogP contribution in [0.25, 0.3) is 49.7 Å². The molecule has 0 spiro atoms. The second-order valence-electron chi connectivity index (χ2n) is 8.66. The summed E-state index contributed by atoms with van der Waals surface area (Å²) in [5, 5.41) is 2.55. The van der Waals surface area contributed by atoms with E-state index < -0.39 is 0 Å². The molecule has 0 N–H and O–H groups in total. The maximum absolute atomic E-state index is 4.18. The highest BCUT2D eigenvalue weighted by Crippen LogP contribution is 2.39. The molecule has 2 heterocycles. The minimum atomic E-state index is 1.16. The number of benzene rings is 4. The fourth-order valence-corrected chi connectivity index (χ4v) is 4.99. The minimum absolute atomic E-state index is 1.16. The van der Waals surface area contributed by atoms with Gasteiger partial charge in [0, 0.05) is 34.4 Å². The first-order valence-corrected chi connectivity index (χ1v) is 11.3. The summed E-state index contributed by atoms with van der Waals surface area (Å²) in [6.45, 7) is 4.36. The monoisotopic (exact) mass is 424 g/mol. The second-order valence-corrected chi connectivity index (χ2v) is 8.66. The Bertz CT molecular complexity index is 1620. The van der Waals surface area contributed by atoms with Crippen LogP contribution in [0.3, 0.4) is 0 Å². The van der Waals surface area contributed by atoms with Gasteiger partial charge in [-0.15, -0.1) is 0 Å². The number of nitrogens with zero attached hydrogens (tertiary/aromatic N) is 2. The van der Waals surface area contributed by atoms with Gasteiger partial charge in [0.05, 0.1) is 11.0 Å². The smallest absolute Gasteiger partial charge is 0.0619 e. The molecule has 0 fully saturated rings. The highest BCUT2D eigenvalue weighted by Gasteiger charge is 2.17. The molecule has 6 rings (SSSR count). The third-order valence-electron chi connectivity index (χ3n) is 6.48. The van der Waals surface area contributed by atoms with Gasteiger partial charge in [0.1, 0.15) is 0 Å². The van der Waals surface area contributed by atoms with Crippen LogP contribution in [-0.2, 0) is 0 Å². The first-order chi connectivity index (χ1) is 16.2. The molecule has 2 heteroatoms. The predicted molar refractivity (Wildman–Crippen MR) is 139 cm³/mol. The molecule has 0 aliphatic heterocycles. The highest BCUT2D eigenvalue weighted by molar-refractivity contribution is 6.14. The Labute approximate surface area is 193 Å². The van der Waals surface area contributed by atoms with Crippen LogP contribution in [0.5, 0.6) is 0 Å². The average Bonchev–Trinajstić information content (AvgIpc) is 3.20. The van der Waals surface area contributed by atoms with Crippen molar-refractivity contribution < 1.29 is 0 Å². The normalized spacial score (nSPS) is 11.3. The maximum atomic E-state index is 4.18. The van der Waals surface area contributed by atoms with Crippen molar-refractivity contribution in [3.05, 3.63) is 121 Å². The van der Waals surface area contributed by atoms with Crippen molar-refractivity contribution in [2.45, 2.75) is 13.8 Å². The zero-order valence-corrected chi connectivity index (χ0v) is 18.8. The highest BCUT2D eigenvalue weighted by atomic mass is 15.0. The number of aryl methyl sites for hydroxylation is 2. The summed E-state index contributed by atoms with van der Waals surface area (Å²) >= 11 is 0. The Kier molecular flexibility index (Phi) is 4.58. The van der Waals surface area contributed by atoms with E-state index in [4.69, 9.17) is 0 Å². The number of pyridine rings is 1. The van der Waals surface area contributed by atoms with Crippen LogP contribution in [-0.4, -0.2) is 9.55 Å². The molecule has 2 aromatic heterocycles. The number of rotatable bonds is 3. The summed E-state index contributed by atoms with van der Waals surface area (Å²) in [4.78, 5) is 4.18. The fourth-order valence-electron chi connectivity index (χ4n) is 4.99. The lowest BCUT2D eigenvalue weighted by atomic mass is 9.96. The molecule has 0 saturated carbocycles. The van der Waals surface area contributed by atoms with Gasteiger partial charge in [-0.2, -0.15) is 0 Å². The zero-order valence-electron chi connectivity index (χ0n) is 18.8. The maximum Gasteiger partial charge on any atom is 0.0619 e. The second kappa shape index (κ2) is 7.75. The van der Waals surface area contributed by atoms with E-state index in [0.29, 0.717) is 0 Å². The molecule has 0 amide bonds. The van der Waals surface area contributed by atoms with Crippen molar-refractivity contribution in [3.63, 3.8) is 0 Å². The average molecular weight is 425 g/mol. The summed E-state index contributed by atoms with van der Waals surface area (Å²) in [5.41, 5.74) is 11.1. The van der Waals surface area contributed by atoms with Gasteiger partial charge in [-0.1, -0.05) is 72.3 Å². The number of aromatic nitrogens is 2. The molecule has 33 heavy (non-hydrogen) atoms. The summed E-state index contributed by atoms with van der Waals surface area (Å²) in [6.07, 6.45) is 3.70. The molecule has 0 radical (unpaired) electrons. The standard InChI is InChI=1S/C31H24N2/c1-21-13-14-26(22(2)19-21)28-10-6-11-29-27-9-3-4-12-30(27)33(31(28)29)25-8-5-7-24(20-25)23-15-17-32-18-16-23/h3-20H,1-2H3. The van der Waals surface area contributed by atoms with Gasteiger partial charge in [0.2, 0.25) is 0 Å². The molecule has 0 bridgehead atoms. The summed E-state index contributed by atoms with van der Waals surface area (Å²) in [7, 11) is 0. The SMILES string of the molecule is Cc1ccc(-c2cccc3c4ccccc4n(-c4cccc(-c5ccncc5)c4)c23)c(C)c1. The van der Waals surface area contributed by atoms with Gasteiger partial charge in [-0.3, -0.25) is 4.98 Å². The van der Waals surface area contributed by atoms with Gasteiger partial charge in [0.25, 0.3) is 0 Å². The van der Waals surface area contributed by atoms with Crippen LogP contribution in [0.1, 0.15) is 11.1 Å². The molecular weight excluding hydrogens is 400 g/mol. The van der Waals surface area contributed by atoms with Crippen molar-refractivity contribution in [2.24, 2.45) is 0 Å². The molecule has 0 aliphatic carbocycles. The molecule has 0 unspecified atom stereocenters. The third-order valence-corrected chi connectivity index (χ3v) is 6.48. The zero-order chi connectivity index (χ0) is 22.4. The fraction of sp³-hybridized carbons (Fsp3) is 0.0645.